The van der Waals surface area contributed by atoms with E-state index < -0.39 is 5.97 Å². The minimum Gasteiger partial charge on any atom is -0.493 e. The molecule has 0 unspecified atom stereocenters. The van der Waals surface area contributed by atoms with E-state index in [0.29, 0.717) is 17.1 Å². The van der Waals surface area contributed by atoms with Gasteiger partial charge in [0.1, 0.15) is 0 Å². The molecule has 1 N–H and O–H groups in total. The smallest absolute Gasteiger partial charge is 0.335 e. The van der Waals surface area contributed by atoms with Gasteiger partial charge in [-0.05, 0) is 23.8 Å². The van der Waals surface area contributed by atoms with Crippen LogP contribution in [-0.4, -0.2) is 25.3 Å². The third-order valence-electron chi connectivity index (χ3n) is 2.20. The molecule has 17 heavy (non-hydrogen) atoms. The zero-order valence-corrected chi connectivity index (χ0v) is 9.77. The first-order valence-electron chi connectivity index (χ1n) is 4.91. The third-order valence-corrected chi connectivity index (χ3v) is 2.20. The average molecular weight is 234 g/mol. The second-order valence-corrected chi connectivity index (χ2v) is 3.22. The second kappa shape index (κ2) is 5.75. The van der Waals surface area contributed by atoms with Crippen molar-refractivity contribution in [2.75, 3.05) is 14.2 Å². The number of hydrogen-bond acceptors (Lipinski definition) is 3. The number of carboxylic acid groups (broad SMARTS) is 1. The summed E-state index contributed by atoms with van der Waals surface area (Å²) >= 11 is 0. The molecule has 0 aliphatic heterocycles. The van der Waals surface area contributed by atoms with E-state index in [-0.39, 0.29) is 5.57 Å². The number of hydrogen-bond donors (Lipinski definition) is 1. The molecule has 1 aromatic rings. The summed E-state index contributed by atoms with van der Waals surface area (Å²) in [6, 6.07) is 5.16. The summed E-state index contributed by atoms with van der Waals surface area (Å²) < 4.78 is 10.2. The molecule has 0 aromatic heterocycles. The molecule has 0 aliphatic rings. The molecule has 0 atom stereocenters. The Morgan fingerprint density at radius 1 is 1.29 bits per heavy atom. The van der Waals surface area contributed by atoms with Crippen LogP contribution in [0.15, 0.2) is 36.4 Å². The Morgan fingerprint density at radius 2 is 1.94 bits per heavy atom. The first-order chi connectivity index (χ1) is 8.12. The number of ether oxygens (including phenoxy) is 2. The predicted octanol–water partition coefficient (Wildman–Crippen LogP) is 2.36. The minimum atomic E-state index is -1.02. The van der Waals surface area contributed by atoms with Gasteiger partial charge in [0.05, 0.1) is 19.8 Å². The molecule has 90 valence electrons. The van der Waals surface area contributed by atoms with Gasteiger partial charge in [0.25, 0.3) is 0 Å². The van der Waals surface area contributed by atoms with E-state index in [9.17, 15) is 4.79 Å². The summed E-state index contributed by atoms with van der Waals surface area (Å²) in [5.74, 6) is 0.130. The molecule has 0 spiro atoms. The Labute approximate surface area is 99.8 Å². The summed E-state index contributed by atoms with van der Waals surface area (Å²) in [4.78, 5) is 10.8. The number of benzene rings is 1. The van der Waals surface area contributed by atoms with Crippen molar-refractivity contribution in [3.63, 3.8) is 0 Å². The summed E-state index contributed by atoms with van der Waals surface area (Å²) in [6.45, 7) is 3.45. The highest BCUT2D eigenvalue weighted by Crippen LogP contribution is 2.28. The molecule has 0 amide bonds. The summed E-state index contributed by atoms with van der Waals surface area (Å²) in [5, 5.41) is 8.87. The molecule has 4 nitrogen and oxygen atoms in total. The molecule has 0 saturated heterocycles. The molecule has 4 heteroatoms. The molecular weight excluding hydrogens is 220 g/mol. The van der Waals surface area contributed by atoms with E-state index in [1.54, 1.807) is 25.3 Å². The van der Waals surface area contributed by atoms with Gasteiger partial charge in [0.15, 0.2) is 11.5 Å². The van der Waals surface area contributed by atoms with Crippen LogP contribution < -0.4 is 9.47 Å². The van der Waals surface area contributed by atoms with Crippen LogP contribution in [0.2, 0.25) is 0 Å². The van der Waals surface area contributed by atoms with Crippen LogP contribution in [0.4, 0.5) is 0 Å². The van der Waals surface area contributed by atoms with Crippen LogP contribution >= 0.6 is 0 Å². The maximum Gasteiger partial charge on any atom is 0.335 e. The topological polar surface area (TPSA) is 55.8 Å². The van der Waals surface area contributed by atoms with E-state index in [2.05, 4.69) is 6.58 Å². The van der Waals surface area contributed by atoms with Crippen LogP contribution in [-0.2, 0) is 4.79 Å². The maximum atomic E-state index is 10.8. The molecule has 0 heterocycles. The zero-order chi connectivity index (χ0) is 12.8. The van der Waals surface area contributed by atoms with Crippen LogP contribution in [0, 0.1) is 0 Å². The van der Waals surface area contributed by atoms with Crippen molar-refractivity contribution in [3.05, 3.63) is 42.0 Å². The SMILES string of the molecule is C=CC(=Cc1ccc(OC)c(OC)c1)C(=O)O. The fourth-order valence-corrected chi connectivity index (χ4v) is 1.33. The Morgan fingerprint density at radius 3 is 2.41 bits per heavy atom. The van der Waals surface area contributed by atoms with Gasteiger partial charge in [-0.3, -0.25) is 0 Å². The summed E-state index contributed by atoms with van der Waals surface area (Å²) in [5.41, 5.74) is 0.831. The highest BCUT2D eigenvalue weighted by molar-refractivity contribution is 5.95. The van der Waals surface area contributed by atoms with E-state index in [1.165, 1.54) is 19.3 Å². The van der Waals surface area contributed by atoms with Crippen molar-refractivity contribution in [2.45, 2.75) is 0 Å². The standard InChI is InChI=1S/C13H14O4/c1-4-10(13(14)15)7-9-5-6-11(16-2)12(8-9)17-3/h4-8H,1H2,2-3H3,(H,14,15). The van der Waals surface area contributed by atoms with Crippen molar-refractivity contribution < 1.29 is 19.4 Å². The van der Waals surface area contributed by atoms with Gasteiger partial charge in [-0.25, -0.2) is 4.79 Å². The molecular formula is C13H14O4. The lowest BCUT2D eigenvalue weighted by Crippen LogP contribution is -1.97. The quantitative estimate of drug-likeness (QED) is 0.627. The summed E-state index contributed by atoms with van der Waals surface area (Å²) in [7, 11) is 3.07. The van der Waals surface area contributed by atoms with Crippen molar-refractivity contribution in [3.8, 4) is 11.5 Å². The van der Waals surface area contributed by atoms with Gasteiger partial charge in [0.2, 0.25) is 0 Å². The highest BCUT2D eigenvalue weighted by atomic mass is 16.5. The van der Waals surface area contributed by atoms with Crippen molar-refractivity contribution >= 4 is 12.0 Å². The van der Waals surface area contributed by atoms with Gasteiger partial charge >= 0.3 is 5.97 Å². The molecule has 0 radical (unpaired) electrons. The lowest BCUT2D eigenvalue weighted by atomic mass is 10.1. The number of rotatable bonds is 5. The molecule has 0 aliphatic carbocycles. The average Bonchev–Trinajstić information content (AvgIpc) is 2.35. The summed E-state index contributed by atoms with van der Waals surface area (Å²) in [6.07, 6.45) is 2.80. The van der Waals surface area contributed by atoms with Gasteiger partial charge < -0.3 is 14.6 Å². The predicted molar refractivity (Wildman–Crippen MR) is 65.4 cm³/mol. The van der Waals surface area contributed by atoms with Crippen LogP contribution in [0.25, 0.3) is 6.08 Å². The lowest BCUT2D eigenvalue weighted by molar-refractivity contribution is -0.132. The van der Waals surface area contributed by atoms with Gasteiger partial charge in [0, 0.05) is 0 Å². The van der Waals surface area contributed by atoms with Crippen molar-refractivity contribution in [2.24, 2.45) is 0 Å². The van der Waals surface area contributed by atoms with Crippen LogP contribution in [0.3, 0.4) is 0 Å². The first-order valence-corrected chi connectivity index (χ1v) is 4.91. The fourth-order valence-electron chi connectivity index (χ4n) is 1.33. The minimum absolute atomic E-state index is 0.122. The number of methoxy groups -OCH3 is 2. The first kappa shape index (κ1) is 12.8. The van der Waals surface area contributed by atoms with Gasteiger partial charge in [-0.2, -0.15) is 0 Å². The van der Waals surface area contributed by atoms with E-state index in [1.807, 2.05) is 0 Å². The second-order valence-electron chi connectivity index (χ2n) is 3.22. The Hall–Kier alpha value is -2.23. The zero-order valence-electron chi connectivity index (χ0n) is 9.77. The van der Waals surface area contributed by atoms with E-state index in [4.69, 9.17) is 14.6 Å². The number of carboxylic acids is 1. The van der Waals surface area contributed by atoms with Crippen LogP contribution in [0.1, 0.15) is 5.56 Å². The molecule has 0 saturated carbocycles. The molecule has 1 aromatic carbocycles. The normalized spacial score (nSPS) is 10.8. The van der Waals surface area contributed by atoms with E-state index >= 15 is 0 Å². The lowest BCUT2D eigenvalue weighted by Gasteiger charge is -2.07. The monoisotopic (exact) mass is 234 g/mol. The molecule has 0 fully saturated rings. The molecule has 1 rings (SSSR count). The molecule has 0 bridgehead atoms. The Balaban J connectivity index is 3.16. The fraction of sp³-hybridized carbons (Fsp3) is 0.154. The van der Waals surface area contributed by atoms with E-state index in [0.717, 1.165) is 0 Å². The van der Waals surface area contributed by atoms with Crippen LogP contribution in [0.5, 0.6) is 11.5 Å². The number of aliphatic carboxylic acids is 1. The number of carbonyl (C=O) groups is 1. The maximum absolute atomic E-state index is 10.8. The largest absolute Gasteiger partial charge is 0.493 e. The van der Waals surface area contributed by atoms with Gasteiger partial charge in [-0.1, -0.05) is 18.7 Å². The highest BCUT2D eigenvalue weighted by Gasteiger charge is 2.06. The van der Waals surface area contributed by atoms with Crippen molar-refractivity contribution in [1.82, 2.24) is 0 Å². The van der Waals surface area contributed by atoms with Crippen molar-refractivity contribution in [1.29, 1.82) is 0 Å². The Kier molecular flexibility index (Phi) is 4.34. The Bertz CT molecular complexity index is 460. The van der Waals surface area contributed by atoms with Gasteiger partial charge in [-0.15, -0.1) is 0 Å². The third kappa shape index (κ3) is 3.11.